The van der Waals surface area contributed by atoms with Gasteiger partial charge in [0.2, 0.25) is 0 Å². The predicted octanol–water partition coefficient (Wildman–Crippen LogP) is 1.61. The zero-order valence-corrected chi connectivity index (χ0v) is 14.2. The van der Waals surface area contributed by atoms with Crippen LogP contribution in [0, 0.1) is 17.7 Å². The molecular formula is C17H22FN5O2. The molecule has 0 spiro atoms. The molecular weight excluding hydrogens is 325 g/mol. The van der Waals surface area contributed by atoms with Crippen LogP contribution in [0.25, 0.3) is 0 Å². The van der Waals surface area contributed by atoms with Crippen molar-refractivity contribution in [3.8, 4) is 0 Å². The van der Waals surface area contributed by atoms with E-state index in [1.165, 1.54) is 19.0 Å². The largest absolute Gasteiger partial charge is 0.392 e. The van der Waals surface area contributed by atoms with Crippen LogP contribution in [-0.4, -0.2) is 45.5 Å². The van der Waals surface area contributed by atoms with E-state index in [0.29, 0.717) is 24.3 Å². The summed E-state index contributed by atoms with van der Waals surface area (Å²) in [5.41, 5.74) is 0.275. The summed E-state index contributed by atoms with van der Waals surface area (Å²) in [6.07, 6.45) is 3.66. The number of ether oxygens (including phenoxy) is 1. The zero-order chi connectivity index (χ0) is 17.4. The van der Waals surface area contributed by atoms with E-state index in [1.807, 2.05) is 0 Å². The Morgan fingerprint density at radius 1 is 1.40 bits per heavy atom. The van der Waals surface area contributed by atoms with Gasteiger partial charge >= 0.3 is 0 Å². The highest BCUT2D eigenvalue weighted by molar-refractivity contribution is 5.44. The van der Waals surface area contributed by atoms with Gasteiger partial charge in [0, 0.05) is 31.7 Å². The number of rotatable bonds is 6. The van der Waals surface area contributed by atoms with Gasteiger partial charge in [0.15, 0.2) is 11.6 Å². The minimum atomic E-state index is -0.473. The minimum Gasteiger partial charge on any atom is -0.392 e. The predicted molar refractivity (Wildman–Crippen MR) is 88.4 cm³/mol. The summed E-state index contributed by atoms with van der Waals surface area (Å²) in [6.45, 7) is 1.69. The number of halogens is 1. The maximum Gasteiger partial charge on any atom is 0.156 e. The topological polar surface area (TPSA) is 87.2 Å². The second kappa shape index (κ2) is 6.68. The molecule has 134 valence electrons. The SMILES string of the molecule is COCc1nc([C@H]2CN(c3cc(CO)c(F)cn3)C[C@@H]2C2CC2)n[nH]1. The summed E-state index contributed by atoms with van der Waals surface area (Å²) >= 11 is 0. The third-order valence-electron chi connectivity index (χ3n) is 5.17. The first-order valence-electron chi connectivity index (χ1n) is 8.60. The first kappa shape index (κ1) is 16.4. The lowest BCUT2D eigenvalue weighted by atomic mass is 9.91. The molecule has 8 heteroatoms. The quantitative estimate of drug-likeness (QED) is 0.825. The number of pyridine rings is 1. The molecule has 1 saturated heterocycles. The normalized spacial score (nSPS) is 23.4. The molecule has 4 rings (SSSR count). The standard InChI is InChI=1S/C17H22FN5O2/c1-25-9-15-20-17(22-21-15)13-7-23(6-12(13)10-2-3-10)16-4-11(8-24)14(18)5-19-16/h4-5,10,12-13,24H,2-3,6-9H2,1H3,(H,20,21,22)/t12-,13+/m1/s1. The number of aromatic amines is 1. The third kappa shape index (κ3) is 3.23. The van der Waals surface area contributed by atoms with Gasteiger partial charge in [-0.3, -0.25) is 5.10 Å². The highest BCUT2D eigenvalue weighted by atomic mass is 19.1. The lowest BCUT2D eigenvalue weighted by Crippen LogP contribution is -2.21. The Hall–Kier alpha value is -2.06. The first-order chi connectivity index (χ1) is 12.2. The number of anilines is 1. The van der Waals surface area contributed by atoms with Crippen molar-refractivity contribution < 1.29 is 14.2 Å². The van der Waals surface area contributed by atoms with Gasteiger partial charge in [-0.2, -0.15) is 5.10 Å². The summed E-state index contributed by atoms with van der Waals surface area (Å²) in [7, 11) is 1.63. The Morgan fingerprint density at radius 2 is 2.24 bits per heavy atom. The van der Waals surface area contributed by atoms with Crippen LogP contribution in [-0.2, 0) is 18.0 Å². The highest BCUT2D eigenvalue weighted by Crippen LogP contribution is 2.47. The van der Waals surface area contributed by atoms with Crippen LogP contribution in [0.15, 0.2) is 12.3 Å². The number of nitrogens with one attached hydrogen (secondary N) is 1. The fourth-order valence-corrected chi connectivity index (χ4v) is 3.73. The lowest BCUT2D eigenvalue weighted by molar-refractivity contribution is 0.178. The maximum atomic E-state index is 13.6. The molecule has 2 aliphatic rings. The Labute approximate surface area is 145 Å². The van der Waals surface area contributed by atoms with Gasteiger partial charge in [-0.1, -0.05) is 0 Å². The van der Waals surface area contributed by atoms with Gasteiger partial charge in [-0.15, -0.1) is 0 Å². The smallest absolute Gasteiger partial charge is 0.156 e. The van der Waals surface area contributed by atoms with E-state index in [1.54, 1.807) is 13.2 Å². The Kier molecular flexibility index (Phi) is 4.39. The molecule has 2 aromatic rings. The van der Waals surface area contributed by atoms with Gasteiger partial charge in [0.1, 0.15) is 18.2 Å². The van der Waals surface area contributed by atoms with Crippen LogP contribution in [0.5, 0.6) is 0 Å². The van der Waals surface area contributed by atoms with Crippen LogP contribution in [0.4, 0.5) is 10.2 Å². The molecule has 3 heterocycles. The number of aliphatic hydroxyl groups excluding tert-OH is 1. The van der Waals surface area contributed by atoms with Crippen LogP contribution < -0.4 is 4.90 Å². The van der Waals surface area contributed by atoms with E-state index < -0.39 is 5.82 Å². The molecule has 2 fully saturated rings. The molecule has 0 radical (unpaired) electrons. The van der Waals surface area contributed by atoms with Gasteiger partial charge in [0.05, 0.1) is 12.8 Å². The fourth-order valence-electron chi connectivity index (χ4n) is 3.73. The monoisotopic (exact) mass is 347 g/mol. The Morgan fingerprint density at radius 3 is 2.96 bits per heavy atom. The molecule has 2 atom stereocenters. The number of aromatic nitrogens is 4. The molecule has 0 bridgehead atoms. The van der Waals surface area contributed by atoms with Gasteiger partial charge < -0.3 is 14.7 Å². The molecule has 1 aliphatic heterocycles. The van der Waals surface area contributed by atoms with E-state index in [9.17, 15) is 9.50 Å². The highest BCUT2D eigenvalue weighted by Gasteiger charge is 2.45. The van der Waals surface area contributed by atoms with Crippen molar-refractivity contribution in [2.45, 2.75) is 32.0 Å². The second-order valence-corrected chi connectivity index (χ2v) is 6.88. The van der Waals surface area contributed by atoms with Crippen molar-refractivity contribution in [3.05, 3.63) is 35.3 Å². The van der Waals surface area contributed by atoms with Crippen molar-refractivity contribution in [1.29, 1.82) is 0 Å². The van der Waals surface area contributed by atoms with Crippen LogP contribution in [0.1, 0.15) is 36.0 Å². The first-order valence-corrected chi connectivity index (χ1v) is 8.60. The van der Waals surface area contributed by atoms with Crippen LogP contribution >= 0.6 is 0 Å². The zero-order valence-electron chi connectivity index (χ0n) is 14.2. The molecule has 0 aromatic carbocycles. The van der Waals surface area contributed by atoms with Crippen LogP contribution in [0.3, 0.4) is 0 Å². The van der Waals surface area contributed by atoms with E-state index in [4.69, 9.17) is 4.74 Å². The van der Waals surface area contributed by atoms with Crippen molar-refractivity contribution >= 4 is 5.82 Å². The summed E-state index contributed by atoms with van der Waals surface area (Å²) in [5.74, 6) is 3.15. The average Bonchev–Trinajstić information content (AvgIpc) is 3.19. The summed E-state index contributed by atoms with van der Waals surface area (Å²) in [6, 6.07) is 1.63. The molecule has 0 unspecified atom stereocenters. The minimum absolute atomic E-state index is 0.221. The van der Waals surface area contributed by atoms with E-state index in [2.05, 4.69) is 25.1 Å². The van der Waals surface area contributed by atoms with Gasteiger partial charge in [-0.25, -0.2) is 14.4 Å². The molecule has 7 nitrogen and oxygen atoms in total. The van der Waals surface area contributed by atoms with Crippen molar-refractivity contribution in [1.82, 2.24) is 20.2 Å². The Bertz CT molecular complexity index is 748. The number of H-pyrrole nitrogens is 1. The summed E-state index contributed by atoms with van der Waals surface area (Å²) in [4.78, 5) is 10.9. The molecule has 1 aliphatic carbocycles. The number of hydrogen-bond donors (Lipinski definition) is 2. The fraction of sp³-hybridized carbons (Fsp3) is 0.588. The maximum absolute atomic E-state index is 13.6. The second-order valence-electron chi connectivity index (χ2n) is 6.88. The third-order valence-corrected chi connectivity index (χ3v) is 5.17. The number of hydrogen-bond acceptors (Lipinski definition) is 6. The molecule has 2 aromatic heterocycles. The van der Waals surface area contributed by atoms with Gasteiger partial charge in [0.25, 0.3) is 0 Å². The van der Waals surface area contributed by atoms with Crippen LogP contribution in [0.2, 0.25) is 0 Å². The summed E-state index contributed by atoms with van der Waals surface area (Å²) in [5, 5.41) is 16.6. The van der Waals surface area contributed by atoms with E-state index in [-0.39, 0.29) is 18.1 Å². The van der Waals surface area contributed by atoms with Crippen molar-refractivity contribution in [2.24, 2.45) is 11.8 Å². The molecule has 25 heavy (non-hydrogen) atoms. The van der Waals surface area contributed by atoms with E-state index >= 15 is 0 Å². The lowest BCUT2D eigenvalue weighted by Gasteiger charge is -2.18. The molecule has 0 amide bonds. The van der Waals surface area contributed by atoms with Crippen molar-refractivity contribution in [3.63, 3.8) is 0 Å². The Balaban J connectivity index is 1.58. The van der Waals surface area contributed by atoms with Crippen molar-refractivity contribution in [2.75, 3.05) is 25.1 Å². The number of methoxy groups -OCH3 is 1. The molecule has 2 N–H and O–H groups in total. The number of nitrogens with zero attached hydrogens (tertiary/aromatic N) is 4. The van der Waals surface area contributed by atoms with E-state index in [0.717, 1.165) is 24.7 Å². The molecule has 1 saturated carbocycles. The number of aliphatic hydroxyl groups is 1. The average molecular weight is 347 g/mol. The summed E-state index contributed by atoms with van der Waals surface area (Å²) < 4.78 is 18.7. The van der Waals surface area contributed by atoms with Gasteiger partial charge in [-0.05, 0) is 30.7 Å².